The Morgan fingerprint density at radius 3 is 2.87 bits per heavy atom. The van der Waals surface area contributed by atoms with Crippen LogP contribution in [-0.4, -0.2) is 67.2 Å². The second-order valence-electron chi connectivity index (χ2n) is 9.20. The average Bonchev–Trinajstić information content (AvgIpc) is 3.35. The van der Waals surface area contributed by atoms with Crippen LogP contribution < -0.4 is 5.32 Å². The number of nitrogens with zero attached hydrogens (tertiary/aromatic N) is 6. The standard InChI is InChI=1S/C22H31N7O/c1-27-14-19-25-26-20(21(30)24-17-7-3-2-4-8-17)29(19)16-22(27)10-12-28(15-22)13-18-9-5-6-11-23-18/h5-6,9,11,17H,2-4,7-8,10,12-16H2,1H3,(H,24,30)/t22-/m1/s1. The van der Waals surface area contributed by atoms with Crippen molar-refractivity contribution in [3.05, 3.63) is 41.7 Å². The third kappa shape index (κ3) is 3.74. The van der Waals surface area contributed by atoms with E-state index in [0.29, 0.717) is 5.82 Å². The molecule has 1 saturated carbocycles. The predicted molar refractivity (Wildman–Crippen MR) is 113 cm³/mol. The lowest BCUT2D eigenvalue weighted by Crippen LogP contribution is -2.55. The number of aromatic nitrogens is 4. The van der Waals surface area contributed by atoms with Crippen molar-refractivity contribution in [2.24, 2.45) is 0 Å². The minimum absolute atomic E-state index is 0.00400. The number of hydrogen-bond donors (Lipinski definition) is 1. The van der Waals surface area contributed by atoms with E-state index < -0.39 is 0 Å². The van der Waals surface area contributed by atoms with Gasteiger partial charge in [0.15, 0.2) is 0 Å². The highest BCUT2D eigenvalue weighted by atomic mass is 16.2. The summed E-state index contributed by atoms with van der Waals surface area (Å²) < 4.78 is 2.07. The normalized spacial score (nSPS) is 25.5. The summed E-state index contributed by atoms with van der Waals surface area (Å²) in [5.41, 5.74) is 1.11. The predicted octanol–water partition coefficient (Wildman–Crippen LogP) is 1.83. The molecular formula is C22H31N7O. The van der Waals surface area contributed by atoms with Crippen LogP contribution in [0.15, 0.2) is 24.4 Å². The van der Waals surface area contributed by atoms with E-state index in [9.17, 15) is 4.79 Å². The fourth-order valence-electron chi connectivity index (χ4n) is 5.32. The van der Waals surface area contributed by atoms with Crippen LogP contribution in [0.3, 0.4) is 0 Å². The SMILES string of the molecule is CN1Cc2nnc(C(=O)NC3CCCCC3)n2C[C@]12CCN(Cc1ccccn1)C2. The fraction of sp³-hybridized carbons (Fsp3) is 0.636. The van der Waals surface area contributed by atoms with E-state index in [1.54, 1.807) is 0 Å². The summed E-state index contributed by atoms with van der Waals surface area (Å²) in [6, 6.07) is 6.36. The number of hydrogen-bond acceptors (Lipinski definition) is 6. The number of pyridine rings is 1. The number of likely N-dealkylation sites (tertiary alicyclic amines) is 1. The molecule has 1 atom stereocenters. The van der Waals surface area contributed by atoms with Crippen molar-refractivity contribution in [1.82, 2.24) is 34.9 Å². The zero-order valence-electron chi connectivity index (χ0n) is 17.8. The minimum Gasteiger partial charge on any atom is -0.347 e. The second kappa shape index (κ2) is 8.07. The van der Waals surface area contributed by atoms with Crippen molar-refractivity contribution < 1.29 is 4.79 Å². The van der Waals surface area contributed by atoms with Crippen molar-refractivity contribution >= 4 is 5.91 Å². The molecule has 1 amide bonds. The molecule has 1 aliphatic carbocycles. The number of rotatable bonds is 4. The molecule has 160 valence electrons. The quantitative estimate of drug-likeness (QED) is 0.830. The van der Waals surface area contributed by atoms with Gasteiger partial charge in [0.2, 0.25) is 5.82 Å². The van der Waals surface area contributed by atoms with E-state index in [-0.39, 0.29) is 17.5 Å². The molecule has 2 aromatic heterocycles. The highest BCUT2D eigenvalue weighted by molar-refractivity contribution is 5.91. The molecule has 8 nitrogen and oxygen atoms in total. The molecule has 8 heteroatoms. The molecule has 0 unspecified atom stereocenters. The van der Waals surface area contributed by atoms with Crippen LogP contribution >= 0.6 is 0 Å². The van der Waals surface area contributed by atoms with E-state index >= 15 is 0 Å². The fourth-order valence-corrected chi connectivity index (χ4v) is 5.32. The van der Waals surface area contributed by atoms with E-state index in [2.05, 4.69) is 48.0 Å². The smallest absolute Gasteiger partial charge is 0.289 e. The average molecular weight is 410 g/mol. The van der Waals surface area contributed by atoms with Gasteiger partial charge in [-0.1, -0.05) is 25.3 Å². The molecular weight excluding hydrogens is 378 g/mol. The van der Waals surface area contributed by atoms with Gasteiger partial charge in [-0.3, -0.25) is 19.6 Å². The van der Waals surface area contributed by atoms with Gasteiger partial charge in [-0.25, -0.2) is 0 Å². The molecule has 4 heterocycles. The minimum atomic E-state index is -0.0660. The maximum absolute atomic E-state index is 13.0. The van der Waals surface area contributed by atoms with Crippen LogP contribution in [0, 0.1) is 0 Å². The largest absolute Gasteiger partial charge is 0.347 e. The monoisotopic (exact) mass is 409 g/mol. The first-order valence-corrected chi connectivity index (χ1v) is 11.2. The van der Waals surface area contributed by atoms with Gasteiger partial charge < -0.3 is 9.88 Å². The Morgan fingerprint density at radius 1 is 1.20 bits per heavy atom. The van der Waals surface area contributed by atoms with Crippen LogP contribution in [0.5, 0.6) is 0 Å². The van der Waals surface area contributed by atoms with Gasteiger partial charge in [0, 0.05) is 38.4 Å². The van der Waals surface area contributed by atoms with E-state index in [1.165, 1.54) is 19.3 Å². The molecule has 3 aliphatic rings. The van der Waals surface area contributed by atoms with Crippen molar-refractivity contribution in [3.63, 3.8) is 0 Å². The Bertz CT molecular complexity index is 892. The molecule has 2 aliphatic heterocycles. The Morgan fingerprint density at radius 2 is 2.07 bits per heavy atom. The van der Waals surface area contributed by atoms with E-state index in [1.807, 2.05) is 18.3 Å². The summed E-state index contributed by atoms with van der Waals surface area (Å²) in [5.74, 6) is 1.30. The molecule has 2 fully saturated rings. The molecule has 1 N–H and O–H groups in total. The summed E-state index contributed by atoms with van der Waals surface area (Å²) in [6.07, 6.45) is 8.73. The van der Waals surface area contributed by atoms with Crippen molar-refractivity contribution in [2.75, 3.05) is 20.1 Å². The molecule has 30 heavy (non-hydrogen) atoms. The summed E-state index contributed by atoms with van der Waals surface area (Å²) >= 11 is 0. The van der Waals surface area contributed by atoms with Gasteiger partial charge in [-0.05, 0) is 38.4 Å². The Labute approximate surface area is 177 Å². The lowest BCUT2D eigenvalue weighted by molar-refractivity contribution is 0.0645. The first kappa shape index (κ1) is 19.6. The van der Waals surface area contributed by atoms with E-state index in [4.69, 9.17) is 0 Å². The van der Waals surface area contributed by atoms with Gasteiger partial charge in [-0.15, -0.1) is 10.2 Å². The van der Waals surface area contributed by atoms with Gasteiger partial charge in [-0.2, -0.15) is 0 Å². The zero-order chi connectivity index (χ0) is 20.6. The summed E-state index contributed by atoms with van der Waals surface area (Å²) in [5, 5.41) is 11.8. The molecule has 0 radical (unpaired) electrons. The number of carbonyl (C=O) groups excluding carboxylic acids is 1. The summed E-state index contributed by atoms with van der Waals surface area (Å²) in [4.78, 5) is 22.3. The van der Waals surface area contributed by atoms with Crippen LogP contribution in [0.2, 0.25) is 0 Å². The maximum Gasteiger partial charge on any atom is 0.289 e. The lowest BCUT2D eigenvalue weighted by atomic mass is 9.94. The van der Waals surface area contributed by atoms with Gasteiger partial charge in [0.25, 0.3) is 5.91 Å². The van der Waals surface area contributed by atoms with Crippen LogP contribution in [-0.2, 0) is 19.6 Å². The molecule has 2 aromatic rings. The lowest BCUT2D eigenvalue weighted by Gasteiger charge is -2.42. The Balaban J connectivity index is 1.30. The number of amides is 1. The zero-order valence-corrected chi connectivity index (χ0v) is 17.8. The van der Waals surface area contributed by atoms with Gasteiger partial charge in [0.1, 0.15) is 5.82 Å². The van der Waals surface area contributed by atoms with Gasteiger partial charge >= 0.3 is 0 Å². The third-order valence-electron chi connectivity index (χ3n) is 7.13. The summed E-state index contributed by atoms with van der Waals surface area (Å²) in [7, 11) is 2.17. The Kier molecular flexibility index (Phi) is 5.28. The number of likely N-dealkylation sites (N-methyl/N-ethyl adjacent to an activating group) is 1. The highest BCUT2D eigenvalue weighted by Crippen LogP contribution is 2.34. The molecule has 5 rings (SSSR count). The molecule has 0 aromatic carbocycles. The Hall–Kier alpha value is -2.32. The van der Waals surface area contributed by atoms with Crippen molar-refractivity contribution in [1.29, 1.82) is 0 Å². The highest BCUT2D eigenvalue weighted by Gasteiger charge is 2.46. The molecule has 0 bridgehead atoms. The number of nitrogens with one attached hydrogen (secondary N) is 1. The van der Waals surface area contributed by atoms with Crippen LogP contribution in [0.25, 0.3) is 0 Å². The topological polar surface area (TPSA) is 79.2 Å². The number of fused-ring (bicyclic) bond motifs is 1. The summed E-state index contributed by atoms with van der Waals surface area (Å²) in [6.45, 7) is 4.34. The molecule has 1 spiro atoms. The van der Waals surface area contributed by atoms with Crippen LogP contribution in [0.4, 0.5) is 0 Å². The third-order valence-corrected chi connectivity index (χ3v) is 7.13. The van der Waals surface area contributed by atoms with Crippen molar-refractivity contribution in [3.8, 4) is 0 Å². The second-order valence-corrected chi connectivity index (χ2v) is 9.20. The van der Waals surface area contributed by atoms with Crippen molar-refractivity contribution in [2.45, 2.75) is 69.7 Å². The first-order chi connectivity index (χ1) is 14.6. The van der Waals surface area contributed by atoms with E-state index in [0.717, 1.165) is 63.5 Å². The first-order valence-electron chi connectivity index (χ1n) is 11.2. The number of carbonyl (C=O) groups is 1. The van der Waals surface area contributed by atoms with Crippen LogP contribution in [0.1, 0.15) is 60.7 Å². The molecule has 1 saturated heterocycles. The maximum atomic E-state index is 13.0. The van der Waals surface area contributed by atoms with Gasteiger partial charge in [0.05, 0.1) is 17.8 Å².